The second-order valence-corrected chi connectivity index (χ2v) is 1.62. The maximum atomic E-state index is 10.4. The molecule has 1 fully saturated rings. The molecule has 4 heteroatoms. The summed E-state index contributed by atoms with van der Waals surface area (Å²) in [6, 6.07) is 0. The maximum absolute atomic E-state index is 10.4. The Morgan fingerprint density at radius 2 is 2.33 bits per heavy atom. The molecule has 0 atom stereocenters. The van der Waals surface area contributed by atoms with Crippen LogP contribution in [0.4, 0.5) is 4.79 Å². The number of imide groups is 1. The lowest BCUT2D eigenvalue weighted by Crippen LogP contribution is -2.27. The van der Waals surface area contributed by atoms with Crippen molar-refractivity contribution >= 4 is 12.0 Å². The molecule has 0 aromatic rings. The summed E-state index contributed by atoms with van der Waals surface area (Å²) in [5.74, 6) is -0.377. The van der Waals surface area contributed by atoms with Crippen LogP contribution in [0.25, 0.3) is 0 Å². The highest BCUT2D eigenvalue weighted by Gasteiger charge is 2.12. The Hall–Kier alpha value is -1.06. The zero-order chi connectivity index (χ0) is 6.69. The second kappa shape index (κ2) is 2.48. The Kier molecular flexibility index (Phi) is 1.67. The van der Waals surface area contributed by atoms with E-state index < -0.39 is 6.09 Å². The second-order valence-electron chi connectivity index (χ2n) is 1.62. The number of hydrogen-bond donors (Lipinski definition) is 1. The van der Waals surface area contributed by atoms with Crippen molar-refractivity contribution in [2.45, 2.75) is 6.42 Å². The van der Waals surface area contributed by atoms with Crippen LogP contribution in [0, 0.1) is 6.42 Å². The lowest BCUT2D eigenvalue weighted by atomic mass is 10.3. The van der Waals surface area contributed by atoms with Gasteiger partial charge >= 0.3 is 6.09 Å². The summed E-state index contributed by atoms with van der Waals surface area (Å²) in [6.45, 7) is 0.289. The van der Waals surface area contributed by atoms with E-state index >= 15 is 0 Å². The zero-order valence-electron chi connectivity index (χ0n) is 4.72. The Balaban J connectivity index is 2.47. The molecule has 0 spiro atoms. The lowest BCUT2D eigenvalue weighted by molar-refractivity contribution is -0.116. The number of carbonyl (C=O) groups is 2. The van der Waals surface area contributed by atoms with E-state index in [4.69, 9.17) is 0 Å². The van der Waals surface area contributed by atoms with Crippen molar-refractivity contribution in [1.29, 1.82) is 0 Å². The summed E-state index contributed by atoms with van der Waals surface area (Å²) in [4.78, 5) is 20.7. The first-order chi connectivity index (χ1) is 4.29. The van der Waals surface area contributed by atoms with Crippen LogP contribution in [0.2, 0.25) is 0 Å². The monoisotopic (exact) mass is 128 g/mol. The molecule has 1 rings (SSSR count). The van der Waals surface area contributed by atoms with E-state index in [1.165, 1.54) is 6.42 Å². The van der Waals surface area contributed by atoms with Crippen LogP contribution in [-0.2, 0) is 9.53 Å². The number of rotatable bonds is 0. The van der Waals surface area contributed by atoms with E-state index in [2.05, 4.69) is 4.74 Å². The summed E-state index contributed by atoms with van der Waals surface area (Å²) in [5, 5.41) is 1.99. The van der Waals surface area contributed by atoms with Crippen molar-refractivity contribution in [3.8, 4) is 0 Å². The molecular weight excluding hydrogens is 122 g/mol. The quantitative estimate of drug-likeness (QED) is 0.493. The van der Waals surface area contributed by atoms with E-state index in [0.29, 0.717) is 6.42 Å². The molecule has 0 saturated carbocycles. The highest BCUT2D eigenvalue weighted by Crippen LogP contribution is 1.94. The zero-order valence-corrected chi connectivity index (χ0v) is 4.72. The topological polar surface area (TPSA) is 55.4 Å². The summed E-state index contributed by atoms with van der Waals surface area (Å²) in [7, 11) is 0. The first-order valence-corrected chi connectivity index (χ1v) is 2.60. The largest absolute Gasteiger partial charge is 0.449 e. The molecule has 49 valence electrons. The van der Waals surface area contributed by atoms with E-state index in [1.54, 1.807) is 0 Å². The maximum Gasteiger partial charge on any atom is 0.413 e. The minimum absolute atomic E-state index is 0.289. The summed E-state index contributed by atoms with van der Waals surface area (Å²) in [5.41, 5.74) is 0. The smallest absolute Gasteiger partial charge is 0.413 e. The molecule has 0 bridgehead atoms. The average molecular weight is 128 g/mol. The highest BCUT2D eigenvalue weighted by atomic mass is 16.5. The van der Waals surface area contributed by atoms with Gasteiger partial charge in [0.15, 0.2) is 0 Å². The number of alkyl carbamates (subject to hydrolysis) is 1. The molecule has 0 aliphatic carbocycles. The van der Waals surface area contributed by atoms with Crippen LogP contribution in [0.15, 0.2) is 0 Å². The van der Waals surface area contributed by atoms with Gasteiger partial charge in [0, 0.05) is 0 Å². The standard InChI is InChI=1S/C5H6NO3/c7-4-2-1-3-9-5(8)6-4/h2H,1,3H2,(H,6,7,8). The molecule has 0 unspecified atom stereocenters. The minimum Gasteiger partial charge on any atom is -0.449 e. The number of nitrogens with one attached hydrogen (secondary N) is 1. The van der Waals surface area contributed by atoms with Gasteiger partial charge in [0.25, 0.3) is 0 Å². The summed E-state index contributed by atoms with van der Waals surface area (Å²) in [6.07, 6.45) is 1.22. The van der Waals surface area contributed by atoms with E-state index in [-0.39, 0.29) is 12.5 Å². The van der Waals surface area contributed by atoms with Crippen LogP contribution in [0.1, 0.15) is 6.42 Å². The molecule has 1 saturated heterocycles. The molecule has 1 aliphatic heterocycles. The third-order valence-corrected chi connectivity index (χ3v) is 0.906. The van der Waals surface area contributed by atoms with E-state index in [0.717, 1.165) is 0 Å². The first-order valence-electron chi connectivity index (χ1n) is 2.60. The van der Waals surface area contributed by atoms with E-state index in [1.807, 2.05) is 5.32 Å². The normalized spacial score (nSPS) is 20.0. The number of amides is 2. The fraction of sp³-hybridized carbons (Fsp3) is 0.400. The van der Waals surface area contributed by atoms with Gasteiger partial charge in [0.05, 0.1) is 13.0 Å². The molecule has 1 radical (unpaired) electrons. The molecule has 1 heterocycles. The minimum atomic E-state index is -0.659. The number of hydrogen-bond acceptors (Lipinski definition) is 3. The molecule has 0 aromatic carbocycles. The molecule has 2 amide bonds. The molecule has 0 aromatic heterocycles. The summed E-state index contributed by atoms with van der Waals surface area (Å²) >= 11 is 0. The fourth-order valence-electron chi connectivity index (χ4n) is 0.529. The van der Waals surface area contributed by atoms with Gasteiger partial charge in [-0.15, -0.1) is 0 Å². The Bertz CT molecular complexity index is 127. The Morgan fingerprint density at radius 3 is 3.11 bits per heavy atom. The van der Waals surface area contributed by atoms with Gasteiger partial charge in [-0.2, -0.15) is 0 Å². The number of carbonyl (C=O) groups excluding carboxylic acids is 2. The predicted octanol–water partition coefficient (Wildman–Crippen LogP) is -0.153. The van der Waals surface area contributed by atoms with Crippen LogP contribution >= 0.6 is 0 Å². The molecule has 4 nitrogen and oxygen atoms in total. The highest BCUT2D eigenvalue weighted by molar-refractivity contribution is 5.97. The predicted molar refractivity (Wildman–Crippen MR) is 28.4 cm³/mol. The first kappa shape index (κ1) is 6.07. The van der Waals surface area contributed by atoms with Gasteiger partial charge in [-0.25, -0.2) is 4.79 Å². The lowest BCUT2D eigenvalue weighted by Gasteiger charge is -1.94. The van der Waals surface area contributed by atoms with Gasteiger partial charge < -0.3 is 4.74 Å². The van der Waals surface area contributed by atoms with Crippen molar-refractivity contribution < 1.29 is 14.3 Å². The van der Waals surface area contributed by atoms with Crippen LogP contribution in [-0.4, -0.2) is 18.6 Å². The molecule has 1 aliphatic rings. The average Bonchev–Trinajstić information content (AvgIpc) is 1.93. The summed E-state index contributed by atoms with van der Waals surface area (Å²) < 4.78 is 4.47. The number of cyclic esters (lactones) is 1. The van der Waals surface area contributed by atoms with Gasteiger partial charge in [0.1, 0.15) is 0 Å². The van der Waals surface area contributed by atoms with Gasteiger partial charge in [-0.05, 0) is 6.42 Å². The SMILES string of the molecule is O=C1[CH]CCOC(=O)N1. The van der Waals surface area contributed by atoms with E-state index in [9.17, 15) is 9.59 Å². The van der Waals surface area contributed by atoms with Gasteiger partial charge in [0.2, 0.25) is 5.91 Å². The van der Waals surface area contributed by atoms with Crippen LogP contribution < -0.4 is 5.32 Å². The molecular formula is C5H6NO3. The van der Waals surface area contributed by atoms with Crippen LogP contribution in [0.5, 0.6) is 0 Å². The van der Waals surface area contributed by atoms with Gasteiger partial charge in [-0.3, -0.25) is 10.1 Å². The van der Waals surface area contributed by atoms with Crippen molar-refractivity contribution in [2.75, 3.05) is 6.61 Å². The van der Waals surface area contributed by atoms with Crippen molar-refractivity contribution in [1.82, 2.24) is 5.32 Å². The Morgan fingerprint density at radius 1 is 1.56 bits per heavy atom. The van der Waals surface area contributed by atoms with Gasteiger partial charge in [-0.1, -0.05) is 0 Å². The third-order valence-electron chi connectivity index (χ3n) is 0.906. The fourth-order valence-corrected chi connectivity index (χ4v) is 0.529. The third kappa shape index (κ3) is 1.71. The van der Waals surface area contributed by atoms with Crippen LogP contribution in [0.3, 0.4) is 0 Å². The number of ether oxygens (including phenoxy) is 1. The van der Waals surface area contributed by atoms with Crippen molar-refractivity contribution in [2.24, 2.45) is 0 Å². The molecule has 9 heavy (non-hydrogen) atoms. The Labute approximate surface area is 52.2 Å². The van der Waals surface area contributed by atoms with Crippen molar-refractivity contribution in [3.63, 3.8) is 0 Å². The molecule has 1 N–H and O–H groups in total. The van der Waals surface area contributed by atoms with Crippen molar-refractivity contribution in [3.05, 3.63) is 6.42 Å².